The number of carbonyl (C=O) groups excluding carboxylic acids is 2. The Balaban J connectivity index is 2.94. The third-order valence-electron chi connectivity index (χ3n) is 2.55. The zero-order chi connectivity index (χ0) is 14.6. The number of nitrogens with two attached hydrogens (primary N) is 1. The first kappa shape index (κ1) is 15.2. The average Bonchev–Trinajstić information content (AvgIpc) is 2.37. The highest BCUT2D eigenvalue weighted by atomic mass is 35.5. The van der Waals surface area contributed by atoms with Crippen molar-refractivity contribution in [3.8, 4) is 0 Å². The van der Waals surface area contributed by atoms with Crippen molar-refractivity contribution in [2.75, 3.05) is 12.8 Å². The van der Waals surface area contributed by atoms with Gasteiger partial charge < -0.3 is 15.8 Å². The monoisotopic (exact) mass is 285 g/mol. The van der Waals surface area contributed by atoms with Crippen LogP contribution in [0.15, 0.2) is 12.3 Å². The number of rotatable bonds is 4. The lowest BCUT2D eigenvalue weighted by molar-refractivity contribution is -0.144. The Hall–Kier alpha value is -1.82. The summed E-state index contributed by atoms with van der Waals surface area (Å²) < 4.78 is 4.64. The molecule has 1 amide bonds. The summed E-state index contributed by atoms with van der Waals surface area (Å²) in [6.07, 6.45) is 1.29. The van der Waals surface area contributed by atoms with Gasteiger partial charge in [-0.2, -0.15) is 0 Å². The number of anilines is 1. The molecule has 1 unspecified atom stereocenters. The van der Waals surface area contributed by atoms with Crippen LogP contribution in [0.25, 0.3) is 0 Å². The van der Waals surface area contributed by atoms with Gasteiger partial charge in [0.15, 0.2) is 0 Å². The Labute approximate surface area is 116 Å². The van der Waals surface area contributed by atoms with E-state index in [1.807, 2.05) is 0 Å². The normalized spacial score (nSPS) is 12.1. The van der Waals surface area contributed by atoms with Crippen LogP contribution in [0.2, 0.25) is 5.15 Å². The van der Waals surface area contributed by atoms with Crippen LogP contribution in [0.5, 0.6) is 0 Å². The lowest BCUT2D eigenvalue weighted by Gasteiger charge is -2.20. The number of hydrogen-bond acceptors (Lipinski definition) is 5. The fourth-order valence-corrected chi connectivity index (χ4v) is 1.64. The minimum absolute atomic E-state index is 0.116. The molecule has 0 saturated heterocycles. The molecular weight excluding hydrogens is 270 g/mol. The van der Waals surface area contributed by atoms with E-state index < -0.39 is 17.9 Å². The molecule has 0 bridgehead atoms. The number of aromatic nitrogens is 1. The van der Waals surface area contributed by atoms with E-state index in [9.17, 15) is 9.59 Å². The highest BCUT2D eigenvalue weighted by Gasteiger charge is 2.26. The Morgan fingerprint density at radius 1 is 1.47 bits per heavy atom. The summed E-state index contributed by atoms with van der Waals surface area (Å²) in [7, 11) is 1.27. The molecule has 0 spiro atoms. The number of ether oxygens (including phenoxy) is 1. The summed E-state index contributed by atoms with van der Waals surface area (Å²) in [4.78, 5) is 27.4. The highest BCUT2D eigenvalue weighted by Crippen LogP contribution is 2.15. The number of hydrogen-bond donors (Lipinski definition) is 2. The van der Waals surface area contributed by atoms with Gasteiger partial charge in [-0.15, -0.1) is 0 Å². The van der Waals surface area contributed by atoms with E-state index in [-0.39, 0.29) is 22.3 Å². The molecule has 104 valence electrons. The molecule has 0 radical (unpaired) electrons. The van der Waals surface area contributed by atoms with Gasteiger partial charge in [0, 0.05) is 0 Å². The molecule has 1 atom stereocenters. The molecule has 6 nitrogen and oxygen atoms in total. The second-order valence-corrected chi connectivity index (χ2v) is 4.70. The van der Waals surface area contributed by atoms with Crippen LogP contribution in [-0.4, -0.2) is 30.0 Å². The number of nitrogens with one attached hydrogen (secondary N) is 1. The van der Waals surface area contributed by atoms with E-state index in [1.54, 1.807) is 13.8 Å². The molecule has 0 aromatic carbocycles. The van der Waals surface area contributed by atoms with Crippen molar-refractivity contribution < 1.29 is 14.3 Å². The molecule has 1 heterocycles. The van der Waals surface area contributed by atoms with Gasteiger partial charge in [0.25, 0.3) is 5.91 Å². The SMILES string of the molecule is COC(=O)C(NC(=O)c1cc(Cl)ncc1N)C(C)C. The molecule has 0 aliphatic carbocycles. The molecule has 1 aromatic rings. The largest absolute Gasteiger partial charge is 0.467 e. The number of nitrogens with zero attached hydrogens (tertiary/aromatic N) is 1. The van der Waals surface area contributed by atoms with E-state index >= 15 is 0 Å². The summed E-state index contributed by atoms with van der Waals surface area (Å²) >= 11 is 5.71. The van der Waals surface area contributed by atoms with E-state index in [1.165, 1.54) is 19.4 Å². The molecule has 0 aliphatic rings. The van der Waals surface area contributed by atoms with Gasteiger partial charge in [-0.3, -0.25) is 4.79 Å². The molecule has 1 rings (SSSR count). The second kappa shape index (κ2) is 6.38. The number of amides is 1. The second-order valence-electron chi connectivity index (χ2n) is 4.31. The summed E-state index contributed by atoms with van der Waals surface area (Å²) in [5.41, 5.74) is 6.02. The van der Waals surface area contributed by atoms with E-state index in [0.717, 1.165) is 0 Å². The smallest absolute Gasteiger partial charge is 0.328 e. The van der Waals surface area contributed by atoms with E-state index in [4.69, 9.17) is 17.3 Å². The van der Waals surface area contributed by atoms with Crippen LogP contribution in [0, 0.1) is 5.92 Å². The molecule has 7 heteroatoms. The quantitative estimate of drug-likeness (QED) is 0.641. The molecule has 1 aromatic heterocycles. The van der Waals surface area contributed by atoms with Crippen LogP contribution in [0.1, 0.15) is 24.2 Å². The first-order valence-electron chi connectivity index (χ1n) is 5.66. The zero-order valence-corrected chi connectivity index (χ0v) is 11.7. The number of pyridine rings is 1. The van der Waals surface area contributed by atoms with E-state index in [0.29, 0.717) is 0 Å². The topological polar surface area (TPSA) is 94.3 Å². The Kier molecular flexibility index (Phi) is 5.11. The van der Waals surface area contributed by atoms with Gasteiger partial charge in [0.05, 0.1) is 24.6 Å². The number of halogens is 1. The lowest BCUT2D eigenvalue weighted by atomic mass is 10.0. The van der Waals surface area contributed by atoms with Gasteiger partial charge in [-0.1, -0.05) is 25.4 Å². The summed E-state index contributed by atoms with van der Waals surface area (Å²) in [5.74, 6) is -1.12. The van der Waals surface area contributed by atoms with Crippen LogP contribution >= 0.6 is 11.6 Å². The fraction of sp³-hybridized carbons (Fsp3) is 0.417. The van der Waals surface area contributed by atoms with Gasteiger partial charge in [0.1, 0.15) is 11.2 Å². The zero-order valence-electron chi connectivity index (χ0n) is 10.9. The van der Waals surface area contributed by atoms with Crippen molar-refractivity contribution in [2.45, 2.75) is 19.9 Å². The molecule has 0 saturated carbocycles. The summed E-state index contributed by atoms with van der Waals surface area (Å²) in [5, 5.41) is 2.72. The average molecular weight is 286 g/mol. The predicted octanol–water partition coefficient (Wildman–Crippen LogP) is 1.24. The fourth-order valence-electron chi connectivity index (χ4n) is 1.48. The van der Waals surface area contributed by atoms with Crippen LogP contribution in [0.3, 0.4) is 0 Å². The number of esters is 1. The van der Waals surface area contributed by atoms with Gasteiger partial charge in [-0.05, 0) is 12.0 Å². The third kappa shape index (κ3) is 3.82. The van der Waals surface area contributed by atoms with Crippen LogP contribution in [0.4, 0.5) is 5.69 Å². The number of carbonyl (C=O) groups is 2. The first-order chi connectivity index (χ1) is 8.86. The Morgan fingerprint density at radius 2 is 2.11 bits per heavy atom. The maximum absolute atomic E-state index is 12.1. The maximum atomic E-state index is 12.1. The standard InChI is InChI=1S/C12H16ClN3O3/c1-6(2)10(12(18)19-3)16-11(17)7-4-9(13)15-5-8(7)14/h4-6,10H,14H2,1-3H3,(H,16,17). The van der Waals surface area contributed by atoms with Crippen LogP contribution in [-0.2, 0) is 9.53 Å². The lowest BCUT2D eigenvalue weighted by Crippen LogP contribution is -2.45. The maximum Gasteiger partial charge on any atom is 0.328 e. The van der Waals surface area contributed by atoms with E-state index in [2.05, 4.69) is 15.0 Å². The highest BCUT2D eigenvalue weighted by molar-refractivity contribution is 6.29. The molecule has 0 fully saturated rings. The van der Waals surface area contributed by atoms with Gasteiger partial charge in [-0.25, -0.2) is 9.78 Å². The Morgan fingerprint density at radius 3 is 2.63 bits per heavy atom. The summed E-state index contributed by atoms with van der Waals surface area (Å²) in [6, 6.07) is 0.602. The number of nitrogen functional groups attached to an aromatic ring is 1. The minimum Gasteiger partial charge on any atom is -0.467 e. The van der Waals surface area contributed by atoms with Crippen molar-refractivity contribution in [2.24, 2.45) is 5.92 Å². The first-order valence-corrected chi connectivity index (χ1v) is 6.04. The third-order valence-corrected chi connectivity index (χ3v) is 2.76. The molecule has 19 heavy (non-hydrogen) atoms. The van der Waals surface area contributed by atoms with Gasteiger partial charge in [0.2, 0.25) is 0 Å². The molecule has 0 aliphatic heterocycles. The molecular formula is C12H16ClN3O3. The Bertz CT molecular complexity index is 491. The predicted molar refractivity (Wildman–Crippen MR) is 71.8 cm³/mol. The van der Waals surface area contributed by atoms with Crippen molar-refractivity contribution >= 4 is 29.2 Å². The minimum atomic E-state index is -0.746. The van der Waals surface area contributed by atoms with Crippen LogP contribution < -0.4 is 11.1 Å². The number of methoxy groups -OCH3 is 1. The van der Waals surface area contributed by atoms with Gasteiger partial charge >= 0.3 is 5.97 Å². The summed E-state index contributed by atoms with van der Waals surface area (Å²) in [6.45, 7) is 3.59. The van der Waals surface area contributed by atoms with Crippen molar-refractivity contribution in [1.82, 2.24) is 10.3 Å². The van der Waals surface area contributed by atoms with Crippen molar-refractivity contribution in [3.05, 3.63) is 23.0 Å². The van der Waals surface area contributed by atoms with Crippen molar-refractivity contribution in [1.29, 1.82) is 0 Å². The van der Waals surface area contributed by atoms with Crippen molar-refractivity contribution in [3.63, 3.8) is 0 Å². The molecule has 3 N–H and O–H groups in total.